The van der Waals surface area contributed by atoms with E-state index in [0.29, 0.717) is 40.1 Å². The average molecular weight is 334 g/mol. The molecule has 0 aliphatic carbocycles. The van der Waals surface area contributed by atoms with E-state index in [4.69, 9.17) is 14.2 Å². The molecule has 1 aliphatic rings. The molecular formula is C19H14N2O4. The van der Waals surface area contributed by atoms with Crippen molar-refractivity contribution in [3.63, 3.8) is 0 Å². The fourth-order valence-corrected chi connectivity index (χ4v) is 2.42. The molecule has 0 spiro atoms. The Labute approximate surface area is 144 Å². The predicted octanol–water partition coefficient (Wildman–Crippen LogP) is 4.16. The van der Waals surface area contributed by atoms with E-state index in [2.05, 4.69) is 10.2 Å². The van der Waals surface area contributed by atoms with Crippen molar-refractivity contribution in [3.8, 4) is 28.9 Å². The Morgan fingerprint density at radius 2 is 1.76 bits per heavy atom. The number of rotatable bonds is 4. The number of benzene rings is 2. The zero-order valence-electron chi connectivity index (χ0n) is 13.4. The van der Waals surface area contributed by atoms with E-state index in [0.717, 1.165) is 0 Å². The van der Waals surface area contributed by atoms with Crippen LogP contribution in [0.4, 0.5) is 0 Å². The summed E-state index contributed by atoms with van der Waals surface area (Å²) in [5.74, 6) is 2.63. The fourth-order valence-electron chi connectivity index (χ4n) is 2.42. The summed E-state index contributed by atoms with van der Waals surface area (Å²) in [7, 11) is 0. The molecule has 6 nitrogen and oxygen atoms in total. The number of nitrogens with zero attached hydrogens (tertiary/aromatic N) is 2. The molecule has 0 amide bonds. The number of aromatic nitrogens is 2. The van der Waals surface area contributed by atoms with E-state index in [1.54, 1.807) is 36.4 Å². The molecule has 4 rings (SSSR count). The molecule has 0 radical (unpaired) electrons. The highest BCUT2D eigenvalue weighted by Gasteiger charge is 2.20. The minimum Gasteiger partial charge on any atom is -0.487 e. The predicted molar refractivity (Wildman–Crippen MR) is 89.4 cm³/mol. The first-order chi connectivity index (χ1) is 12.2. The Morgan fingerprint density at radius 1 is 0.960 bits per heavy atom. The molecule has 0 fully saturated rings. The monoisotopic (exact) mass is 334 g/mol. The Balaban J connectivity index is 1.50. The zero-order chi connectivity index (χ0) is 17.2. The number of fused-ring (bicyclic) bond motifs is 2. The van der Waals surface area contributed by atoms with Crippen LogP contribution in [-0.2, 0) is 6.61 Å². The van der Waals surface area contributed by atoms with Crippen LogP contribution < -0.4 is 14.2 Å². The van der Waals surface area contributed by atoms with Gasteiger partial charge in [0.2, 0.25) is 0 Å². The maximum Gasteiger partial charge on any atom is 0.282 e. The van der Waals surface area contributed by atoms with Crippen LogP contribution in [0.2, 0.25) is 0 Å². The molecular weight excluding hydrogens is 320 g/mol. The van der Waals surface area contributed by atoms with Gasteiger partial charge in [-0.2, -0.15) is 0 Å². The number of para-hydroxylation sites is 2. The van der Waals surface area contributed by atoms with Crippen LogP contribution in [0.3, 0.4) is 0 Å². The highest BCUT2D eigenvalue weighted by atomic mass is 16.6. The van der Waals surface area contributed by atoms with E-state index >= 15 is 0 Å². The van der Waals surface area contributed by atoms with Gasteiger partial charge in [0, 0.05) is 11.6 Å². The first-order valence-corrected chi connectivity index (χ1v) is 7.74. The average Bonchev–Trinajstić information content (AvgIpc) is 2.64. The molecule has 6 heteroatoms. The maximum atomic E-state index is 11.4. The summed E-state index contributed by atoms with van der Waals surface area (Å²) in [5.41, 5.74) is 1.19. The van der Waals surface area contributed by atoms with Crippen molar-refractivity contribution in [2.24, 2.45) is 0 Å². The molecule has 25 heavy (non-hydrogen) atoms. The minimum atomic E-state index is -0.0109. The van der Waals surface area contributed by atoms with Gasteiger partial charge in [-0.3, -0.25) is 4.79 Å². The van der Waals surface area contributed by atoms with Gasteiger partial charge in [-0.1, -0.05) is 24.3 Å². The Kier molecular flexibility index (Phi) is 3.78. The van der Waals surface area contributed by atoms with Crippen LogP contribution >= 0.6 is 0 Å². The first-order valence-electron chi connectivity index (χ1n) is 7.74. The van der Waals surface area contributed by atoms with Crippen molar-refractivity contribution < 1.29 is 19.0 Å². The highest BCUT2D eigenvalue weighted by molar-refractivity contribution is 5.94. The van der Waals surface area contributed by atoms with Crippen LogP contribution in [0, 0.1) is 0 Å². The number of Topliss-reactive ketones (excluding diaryl/α,β-unsaturated/α-hetero) is 1. The molecule has 0 N–H and O–H groups in total. The van der Waals surface area contributed by atoms with Crippen molar-refractivity contribution in [1.29, 1.82) is 0 Å². The lowest BCUT2D eigenvalue weighted by atomic mass is 10.1. The lowest BCUT2D eigenvalue weighted by molar-refractivity contribution is 0.101. The Bertz CT molecular complexity index is 956. The molecule has 2 heterocycles. The molecule has 0 saturated carbocycles. The number of ketones is 1. The van der Waals surface area contributed by atoms with Gasteiger partial charge in [-0.15, -0.1) is 10.2 Å². The van der Waals surface area contributed by atoms with Gasteiger partial charge in [0.25, 0.3) is 5.88 Å². The molecule has 0 unspecified atom stereocenters. The van der Waals surface area contributed by atoms with Crippen LogP contribution in [-0.4, -0.2) is 16.0 Å². The number of carbonyl (C=O) groups excluding carboxylic acids is 1. The number of hydrogen-bond acceptors (Lipinski definition) is 6. The number of ether oxygens (including phenoxy) is 3. The molecule has 124 valence electrons. The van der Waals surface area contributed by atoms with E-state index in [1.165, 1.54) is 6.92 Å². The van der Waals surface area contributed by atoms with Gasteiger partial charge in [0.15, 0.2) is 23.0 Å². The third-order valence-corrected chi connectivity index (χ3v) is 3.68. The minimum absolute atomic E-state index is 0.0109. The summed E-state index contributed by atoms with van der Waals surface area (Å²) < 4.78 is 17.1. The van der Waals surface area contributed by atoms with Crippen molar-refractivity contribution in [2.75, 3.05) is 0 Å². The molecule has 0 saturated heterocycles. The van der Waals surface area contributed by atoms with Gasteiger partial charge in [-0.05, 0) is 31.2 Å². The molecule has 3 aromatic rings. The van der Waals surface area contributed by atoms with Crippen molar-refractivity contribution in [2.45, 2.75) is 13.5 Å². The quantitative estimate of drug-likeness (QED) is 0.522. The second-order valence-electron chi connectivity index (χ2n) is 5.53. The van der Waals surface area contributed by atoms with Gasteiger partial charge < -0.3 is 14.2 Å². The lowest BCUT2D eigenvalue weighted by Gasteiger charge is -2.19. The summed E-state index contributed by atoms with van der Waals surface area (Å²) in [6, 6.07) is 16.1. The largest absolute Gasteiger partial charge is 0.487 e. The van der Waals surface area contributed by atoms with Gasteiger partial charge >= 0.3 is 0 Å². The molecule has 1 aromatic heterocycles. The fraction of sp³-hybridized carbons (Fsp3) is 0.105. The number of hydrogen-bond donors (Lipinski definition) is 0. The summed E-state index contributed by atoms with van der Waals surface area (Å²) in [6.45, 7) is 1.72. The first kappa shape index (κ1) is 15.1. The summed E-state index contributed by atoms with van der Waals surface area (Å²) >= 11 is 0. The lowest BCUT2D eigenvalue weighted by Crippen LogP contribution is -2.06. The van der Waals surface area contributed by atoms with Crippen LogP contribution in [0.15, 0.2) is 54.6 Å². The normalized spacial score (nSPS) is 11.6. The molecule has 0 atom stereocenters. The second-order valence-corrected chi connectivity index (χ2v) is 5.53. The zero-order valence-corrected chi connectivity index (χ0v) is 13.4. The Morgan fingerprint density at radius 3 is 2.56 bits per heavy atom. The van der Waals surface area contributed by atoms with Gasteiger partial charge in [0.1, 0.15) is 18.1 Å². The van der Waals surface area contributed by atoms with Gasteiger partial charge in [0.05, 0.1) is 0 Å². The summed E-state index contributed by atoms with van der Waals surface area (Å²) in [5, 5.41) is 8.14. The van der Waals surface area contributed by atoms with Gasteiger partial charge in [-0.25, -0.2) is 0 Å². The van der Waals surface area contributed by atoms with E-state index in [9.17, 15) is 4.79 Å². The van der Waals surface area contributed by atoms with Crippen LogP contribution in [0.25, 0.3) is 0 Å². The summed E-state index contributed by atoms with van der Waals surface area (Å²) in [6.07, 6.45) is 0. The second kappa shape index (κ2) is 6.24. The van der Waals surface area contributed by atoms with Crippen LogP contribution in [0.5, 0.6) is 28.9 Å². The summed E-state index contributed by atoms with van der Waals surface area (Å²) in [4.78, 5) is 11.4. The smallest absolute Gasteiger partial charge is 0.282 e. The van der Waals surface area contributed by atoms with Crippen molar-refractivity contribution in [3.05, 3.63) is 65.9 Å². The van der Waals surface area contributed by atoms with Crippen molar-refractivity contribution in [1.82, 2.24) is 10.2 Å². The molecule has 2 aromatic carbocycles. The maximum absolute atomic E-state index is 11.4. The van der Waals surface area contributed by atoms with E-state index < -0.39 is 0 Å². The van der Waals surface area contributed by atoms with Crippen LogP contribution in [0.1, 0.15) is 23.0 Å². The molecule has 0 bridgehead atoms. The Hall–Kier alpha value is -3.41. The standard InChI is InChI=1S/C19H14N2O4/c1-12(22)13-5-4-6-15(9-13)23-11-14-10-18-19(21-20-14)25-17-8-3-2-7-16(17)24-18/h2-10H,11H2,1H3. The van der Waals surface area contributed by atoms with Crippen molar-refractivity contribution >= 4 is 5.78 Å². The topological polar surface area (TPSA) is 70.5 Å². The van der Waals surface area contributed by atoms with E-state index in [-0.39, 0.29) is 12.4 Å². The highest BCUT2D eigenvalue weighted by Crippen LogP contribution is 2.43. The van der Waals surface area contributed by atoms with E-state index in [1.807, 2.05) is 18.2 Å². The SMILES string of the molecule is CC(=O)c1cccc(OCc2cc3c(nn2)Oc2ccccc2O3)c1. The molecule has 1 aliphatic heterocycles. The third-order valence-electron chi connectivity index (χ3n) is 3.68. The third kappa shape index (κ3) is 3.14. The number of carbonyl (C=O) groups is 1.